The molecule has 0 heterocycles. The lowest BCUT2D eigenvalue weighted by Crippen LogP contribution is -2.38. The lowest BCUT2D eigenvalue weighted by Gasteiger charge is -2.49. The summed E-state index contributed by atoms with van der Waals surface area (Å²) in [6, 6.07) is 0. The van der Waals surface area contributed by atoms with Crippen molar-refractivity contribution in [1.29, 1.82) is 0 Å². The van der Waals surface area contributed by atoms with Crippen LogP contribution >= 0.6 is 0 Å². The van der Waals surface area contributed by atoms with Crippen molar-refractivity contribution < 1.29 is 0 Å². The van der Waals surface area contributed by atoms with E-state index in [4.69, 9.17) is 0 Å². The van der Waals surface area contributed by atoms with Gasteiger partial charge in [0.15, 0.2) is 0 Å². The molecule has 1 fully saturated rings. The molecule has 0 aliphatic heterocycles. The highest BCUT2D eigenvalue weighted by atomic mass is 14.4. The van der Waals surface area contributed by atoms with Crippen LogP contribution in [0.15, 0.2) is 0 Å². The zero-order chi connectivity index (χ0) is 9.30. The van der Waals surface area contributed by atoms with Crippen molar-refractivity contribution in [1.82, 2.24) is 0 Å². The number of hydrogen-bond acceptors (Lipinski definition) is 0. The average Bonchev–Trinajstić information content (AvgIpc) is 1.83. The van der Waals surface area contributed by atoms with Crippen molar-refractivity contribution in [2.24, 2.45) is 29.6 Å². The Hall–Kier alpha value is 0. The van der Waals surface area contributed by atoms with Gasteiger partial charge in [0.2, 0.25) is 0 Å². The minimum atomic E-state index is 0.750. The summed E-state index contributed by atoms with van der Waals surface area (Å²) in [5.41, 5.74) is 0. The molecule has 1 aliphatic carbocycles. The first-order valence-corrected chi connectivity index (χ1v) is 5.37. The van der Waals surface area contributed by atoms with Crippen molar-refractivity contribution in [3.8, 4) is 0 Å². The highest BCUT2D eigenvalue weighted by Crippen LogP contribution is 2.45. The first kappa shape index (κ1) is 10.1. The molecule has 0 spiro atoms. The smallest absolute Gasteiger partial charge is 0.0431 e. The zero-order valence-corrected chi connectivity index (χ0v) is 9.17. The maximum atomic E-state index is 2.51. The molecule has 72 valence electrons. The summed E-state index contributed by atoms with van der Waals surface area (Å²) in [6.07, 6.45) is 3.96. The molecule has 1 aliphatic rings. The molecule has 0 aromatic heterocycles. The van der Waals surface area contributed by atoms with E-state index in [0.29, 0.717) is 0 Å². The molecule has 0 heteroatoms. The summed E-state index contributed by atoms with van der Waals surface area (Å²) in [5, 5.41) is 0. The molecule has 0 aromatic carbocycles. The fourth-order valence-electron chi connectivity index (χ4n) is 3.04. The van der Waals surface area contributed by atoms with E-state index in [2.05, 4.69) is 41.0 Å². The molecular weight excluding hydrogens is 144 g/mol. The maximum absolute atomic E-state index is 2.51. The van der Waals surface area contributed by atoms with Crippen LogP contribution in [0.3, 0.4) is 0 Å². The van der Waals surface area contributed by atoms with Gasteiger partial charge in [0, 0.05) is 0 Å². The molecule has 3 atom stereocenters. The number of hydrogen-bond donors (Lipinski definition) is 0. The minimum absolute atomic E-state index is 0.750. The Kier molecular flexibility index (Phi) is 3.20. The zero-order valence-electron chi connectivity index (χ0n) is 9.17. The summed E-state index contributed by atoms with van der Waals surface area (Å²) >= 11 is 0. The van der Waals surface area contributed by atoms with Crippen LogP contribution in [0.2, 0.25) is 0 Å². The second-order valence-electron chi connectivity index (χ2n) is 5.06. The van der Waals surface area contributed by atoms with Gasteiger partial charge in [0.1, 0.15) is 0 Å². The molecule has 1 saturated carbocycles. The molecule has 0 amide bonds. The van der Waals surface area contributed by atoms with Crippen LogP contribution in [0, 0.1) is 36.0 Å². The maximum Gasteiger partial charge on any atom is -0.0431 e. The van der Waals surface area contributed by atoms with E-state index in [1.807, 2.05) is 0 Å². The van der Waals surface area contributed by atoms with E-state index in [1.165, 1.54) is 6.42 Å². The van der Waals surface area contributed by atoms with Gasteiger partial charge >= 0.3 is 0 Å². The first-order valence-electron chi connectivity index (χ1n) is 5.37. The Morgan fingerprint density at radius 2 is 1.58 bits per heavy atom. The second-order valence-corrected chi connectivity index (χ2v) is 5.06. The lowest BCUT2D eigenvalue weighted by atomic mass is 9.60. The van der Waals surface area contributed by atoms with Gasteiger partial charge < -0.3 is 6.42 Å². The Morgan fingerprint density at radius 3 is 1.92 bits per heavy atom. The van der Waals surface area contributed by atoms with Crippen molar-refractivity contribution in [3.63, 3.8) is 0 Å². The fourth-order valence-corrected chi connectivity index (χ4v) is 3.04. The Labute approximate surface area is 77.7 Å². The normalized spacial score (nSPS) is 38.0. The molecular formula is C12H23-. The Balaban J connectivity index is 2.35. The summed E-state index contributed by atoms with van der Waals surface area (Å²) in [6.45, 7) is 11.7. The molecule has 1 rings (SSSR count). The van der Waals surface area contributed by atoms with Crippen molar-refractivity contribution in [2.75, 3.05) is 0 Å². The highest BCUT2D eigenvalue weighted by molar-refractivity contribution is 4.93. The third kappa shape index (κ3) is 2.02. The molecule has 0 nitrogen and oxygen atoms in total. The lowest BCUT2D eigenvalue weighted by molar-refractivity contribution is 0.0587. The third-order valence-corrected chi connectivity index (χ3v) is 3.35. The van der Waals surface area contributed by atoms with Crippen molar-refractivity contribution in [2.45, 2.75) is 41.0 Å². The van der Waals surface area contributed by atoms with Crippen LogP contribution in [0.25, 0.3) is 0 Å². The quantitative estimate of drug-likeness (QED) is 0.561. The van der Waals surface area contributed by atoms with Gasteiger partial charge in [-0.05, 0) is 18.3 Å². The van der Waals surface area contributed by atoms with E-state index in [0.717, 1.165) is 29.6 Å². The minimum Gasteiger partial charge on any atom is -0.323 e. The average molecular weight is 167 g/mol. The van der Waals surface area contributed by atoms with Gasteiger partial charge in [-0.25, -0.2) is 0 Å². The van der Waals surface area contributed by atoms with Crippen LogP contribution in [0.4, 0.5) is 0 Å². The molecule has 0 bridgehead atoms. The first-order chi connectivity index (χ1) is 5.52. The summed E-state index contributed by atoms with van der Waals surface area (Å²) in [4.78, 5) is 0. The van der Waals surface area contributed by atoms with E-state index in [1.54, 1.807) is 0 Å². The van der Waals surface area contributed by atoms with E-state index in [-0.39, 0.29) is 0 Å². The molecule has 0 saturated heterocycles. The van der Waals surface area contributed by atoms with Crippen molar-refractivity contribution in [3.05, 3.63) is 6.42 Å². The van der Waals surface area contributed by atoms with E-state index >= 15 is 0 Å². The van der Waals surface area contributed by atoms with Crippen LogP contribution in [0.1, 0.15) is 41.0 Å². The summed E-state index contributed by atoms with van der Waals surface area (Å²) in [7, 11) is 0. The van der Waals surface area contributed by atoms with E-state index in [9.17, 15) is 0 Å². The van der Waals surface area contributed by atoms with Crippen LogP contribution in [0.5, 0.6) is 0 Å². The fraction of sp³-hybridized carbons (Fsp3) is 0.917. The van der Waals surface area contributed by atoms with Gasteiger partial charge in [-0.2, -0.15) is 11.8 Å². The SMILES string of the molecule is CC(C)[CH-]C(C)C1C(C)CC1C. The van der Waals surface area contributed by atoms with Gasteiger partial charge in [-0.15, -0.1) is 0 Å². The molecule has 0 N–H and O–H groups in total. The third-order valence-electron chi connectivity index (χ3n) is 3.35. The molecule has 0 radical (unpaired) electrons. The predicted octanol–water partition coefficient (Wildman–Crippen LogP) is 3.77. The van der Waals surface area contributed by atoms with Crippen LogP contribution in [-0.4, -0.2) is 0 Å². The standard InChI is InChI=1S/C12H23/c1-8(2)6-9(3)12-10(4)7-11(12)5/h6,8-12H,7H2,1-5H3/q-1. The Morgan fingerprint density at radius 1 is 1.08 bits per heavy atom. The predicted molar refractivity (Wildman–Crippen MR) is 54.7 cm³/mol. The molecule has 12 heavy (non-hydrogen) atoms. The van der Waals surface area contributed by atoms with Gasteiger partial charge in [-0.1, -0.05) is 40.5 Å². The molecule has 0 aromatic rings. The highest BCUT2D eigenvalue weighted by Gasteiger charge is 2.34. The second kappa shape index (κ2) is 3.81. The van der Waals surface area contributed by atoms with Crippen molar-refractivity contribution >= 4 is 0 Å². The van der Waals surface area contributed by atoms with Crippen LogP contribution < -0.4 is 0 Å². The monoisotopic (exact) mass is 167 g/mol. The Bertz CT molecular complexity index is 129. The summed E-state index contributed by atoms with van der Waals surface area (Å²) in [5.74, 6) is 4.46. The largest absolute Gasteiger partial charge is 0.323 e. The van der Waals surface area contributed by atoms with Crippen LogP contribution in [-0.2, 0) is 0 Å². The number of rotatable bonds is 3. The topological polar surface area (TPSA) is 0 Å². The molecule has 3 unspecified atom stereocenters. The van der Waals surface area contributed by atoms with Gasteiger partial charge in [0.25, 0.3) is 0 Å². The van der Waals surface area contributed by atoms with Gasteiger partial charge in [-0.3, -0.25) is 0 Å². The summed E-state index contributed by atoms with van der Waals surface area (Å²) < 4.78 is 0. The van der Waals surface area contributed by atoms with Gasteiger partial charge in [0.05, 0.1) is 0 Å². The van der Waals surface area contributed by atoms with E-state index < -0.39 is 0 Å².